The van der Waals surface area contributed by atoms with Crippen LogP contribution in [0.2, 0.25) is 0 Å². The van der Waals surface area contributed by atoms with Crippen LogP contribution in [0.4, 0.5) is 5.82 Å². The Labute approximate surface area is 216 Å². The second-order valence-electron chi connectivity index (χ2n) is 8.35. The summed E-state index contributed by atoms with van der Waals surface area (Å²) >= 11 is 1.04. The Bertz CT molecular complexity index is 1790. The Kier molecular flexibility index (Phi) is 5.36. The van der Waals surface area contributed by atoms with Crippen LogP contribution in [0.25, 0.3) is 38.6 Å². The molecule has 1 amide bonds. The highest BCUT2D eigenvalue weighted by Crippen LogP contribution is 2.44. The summed E-state index contributed by atoms with van der Waals surface area (Å²) in [5, 5.41) is 14.6. The van der Waals surface area contributed by atoms with Crippen molar-refractivity contribution in [3.05, 3.63) is 95.5 Å². The van der Waals surface area contributed by atoms with Gasteiger partial charge in [-0.2, -0.15) is 0 Å². The number of nitrogens with one attached hydrogen (secondary N) is 1. The first-order chi connectivity index (χ1) is 17.8. The summed E-state index contributed by atoms with van der Waals surface area (Å²) in [7, 11) is -2.87. The molecule has 5 aromatic rings. The Morgan fingerprint density at radius 2 is 1.76 bits per heavy atom. The number of para-hydroxylation sites is 1. The minimum atomic E-state index is -4.11. The number of hydrogen-bond acceptors (Lipinski definition) is 7. The average molecular weight is 530 g/mol. The van der Waals surface area contributed by atoms with Gasteiger partial charge in [0.15, 0.2) is 11.5 Å². The summed E-state index contributed by atoms with van der Waals surface area (Å²) in [6.07, 6.45) is 0. The zero-order valence-electron chi connectivity index (χ0n) is 19.4. The van der Waals surface area contributed by atoms with Crippen molar-refractivity contribution >= 4 is 49.8 Å². The average Bonchev–Trinajstić information content (AvgIpc) is 3.54. The molecule has 0 bridgehead atoms. The van der Waals surface area contributed by atoms with Crippen molar-refractivity contribution < 1.29 is 22.7 Å². The third-order valence-electron chi connectivity index (χ3n) is 6.03. The van der Waals surface area contributed by atoms with Crippen molar-refractivity contribution in [3.8, 4) is 21.9 Å². The van der Waals surface area contributed by atoms with Gasteiger partial charge in [-0.05, 0) is 30.3 Å². The van der Waals surface area contributed by atoms with E-state index in [2.05, 4.69) is 10.3 Å². The summed E-state index contributed by atoms with van der Waals surface area (Å²) in [4.78, 5) is 18.2. The predicted molar refractivity (Wildman–Crippen MR) is 142 cm³/mol. The van der Waals surface area contributed by atoms with Gasteiger partial charge in [0.2, 0.25) is 0 Å². The third kappa shape index (κ3) is 3.87. The number of hydrogen-bond donors (Lipinski definition) is 2. The molecule has 0 atom stereocenters. The second kappa shape index (κ2) is 8.61. The normalized spacial score (nSPS) is 14.6. The molecule has 0 saturated heterocycles. The SMILES string of the molecule is CN1C(C(=O)Nc2cccc(-c3ccccc3)n2)=C(O)c2sc(-c3cc4ccccc4o3)cc2S1(=O)=O. The van der Waals surface area contributed by atoms with Gasteiger partial charge in [0, 0.05) is 18.0 Å². The van der Waals surface area contributed by atoms with Gasteiger partial charge in [-0.3, -0.25) is 9.10 Å². The van der Waals surface area contributed by atoms with Gasteiger partial charge in [-0.1, -0.05) is 54.6 Å². The van der Waals surface area contributed by atoms with Crippen molar-refractivity contribution in [2.24, 2.45) is 0 Å². The fourth-order valence-electron chi connectivity index (χ4n) is 4.18. The van der Waals surface area contributed by atoms with Crippen LogP contribution in [-0.4, -0.2) is 35.8 Å². The van der Waals surface area contributed by atoms with Crippen LogP contribution in [0, 0.1) is 0 Å². The Morgan fingerprint density at radius 1 is 1.00 bits per heavy atom. The number of anilines is 1. The zero-order valence-corrected chi connectivity index (χ0v) is 21.0. The van der Waals surface area contributed by atoms with Gasteiger partial charge >= 0.3 is 0 Å². The number of nitrogens with zero attached hydrogens (tertiary/aromatic N) is 2. The summed E-state index contributed by atoms with van der Waals surface area (Å²) in [6, 6.07) is 25.3. The van der Waals surface area contributed by atoms with Crippen LogP contribution in [-0.2, 0) is 14.8 Å². The van der Waals surface area contributed by atoms with Crippen LogP contribution >= 0.6 is 11.3 Å². The van der Waals surface area contributed by atoms with E-state index in [4.69, 9.17) is 4.42 Å². The lowest BCUT2D eigenvalue weighted by atomic mass is 10.1. The summed E-state index contributed by atoms with van der Waals surface area (Å²) in [6.45, 7) is 0. The number of pyridine rings is 1. The number of thiophene rings is 1. The Morgan fingerprint density at radius 3 is 2.54 bits per heavy atom. The quantitative estimate of drug-likeness (QED) is 0.308. The van der Waals surface area contributed by atoms with Crippen molar-refractivity contribution in [2.45, 2.75) is 4.90 Å². The van der Waals surface area contributed by atoms with Gasteiger partial charge in [0.25, 0.3) is 15.9 Å². The maximum Gasteiger partial charge on any atom is 0.278 e. The number of carbonyl (C=O) groups excluding carboxylic acids is 1. The first-order valence-electron chi connectivity index (χ1n) is 11.2. The van der Waals surface area contributed by atoms with E-state index in [0.29, 0.717) is 21.9 Å². The predicted octanol–water partition coefficient (Wildman–Crippen LogP) is 5.72. The van der Waals surface area contributed by atoms with E-state index in [0.717, 1.165) is 26.6 Å². The molecule has 0 aliphatic carbocycles. The van der Waals surface area contributed by atoms with Crippen LogP contribution in [0.5, 0.6) is 0 Å². The van der Waals surface area contributed by atoms with Crippen LogP contribution in [0.1, 0.15) is 4.88 Å². The molecular weight excluding hydrogens is 510 g/mol. The van der Waals surface area contributed by atoms with Crippen molar-refractivity contribution in [2.75, 3.05) is 12.4 Å². The van der Waals surface area contributed by atoms with E-state index < -0.39 is 27.4 Å². The fourth-order valence-corrected chi connectivity index (χ4v) is 6.95. The summed E-state index contributed by atoms with van der Waals surface area (Å²) in [5.41, 5.74) is 1.77. The number of fused-ring (bicyclic) bond motifs is 2. The lowest BCUT2D eigenvalue weighted by Gasteiger charge is -2.26. The van der Waals surface area contributed by atoms with E-state index in [1.54, 1.807) is 18.2 Å². The standard InChI is InChI=1S/C27H19N3O5S2/c1-30-24(27(32)29-23-13-7-11-18(28-23)16-8-3-2-4-9-16)25(31)26-22(37(30,33)34)15-21(36-26)20-14-17-10-5-6-12-19(17)35-20/h2-15,31H,1H3,(H,28,29,32). The lowest BCUT2D eigenvalue weighted by molar-refractivity contribution is -0.113. The molecule has 0 fully saturated rings. The topological polar surface area (TPSA) is 113 Å². The molecule has 8 nitrogen and oxygen atoms in total. The molecule has 0 spiro atoms. The number of likely N-dealkylation sites (N-methyl/N-ethyl adjacent to an activating group) is 1. The highest BCUT2D eigenvalue weighted by Gasteiger charge is 2.40. The number of furan rings is 1. The van der Waals surface area contributed by atoms with Crippen LogP contribution in [0.3, 0.4) is 0 Å². The molecule has 37 heavy (non-hydrogen) atoms. The first kappa shape index (κ1) is 23.0. The number of rotatable bonds is 4. The smallest absolute Gasteiger partial charge is 0.278 e. The van der Waals surface area contributed by atoms with Gasteiger partial charge in [-0.25, -0.2) is 13.4 Å². The number of aliphatic hydroxyl groups is 1. The molecule has 0 unspecified atom stereocenters. The molecule has 2 aromatic carbocycles. The molecule has 6 rings (SSSR count). The van der Waals surface area contributed by atoms with Gasteiger partial charge in [0.1, 0.15) is 22.1 Å². The fraction of sp³-hybridized carbons (Fsp3) is 0.0370. The minimum Gasteiger partial charge on any atom is -0.504 e. The molecule has 184 valence electrons. The summed E-state index contributed by atoms with van der Waals surface area (Å²) < 4.78 is 33.3. The van der Waals surface area contributed by atoms with Crippen LogP contribution < -0.4 is 5.32 Å². The highest BCUT2D eigenvalue weighted by atomic mass is 32.2. The van der Waals surface area contributed by atoms with Gasteiger partial charge < -0.3 is 14.8 Å². The van der Waals surface area contributed by atoms with Crippen molar-refractivity contribution in [3.63, 3.8) is 0 Å². The molecule has 1 aliphatic rings. The molecule has 3 aromatic heterocycles. The lowest BCUT2D eigenvalue weighted by Crippen LogP contribution is -2.36. The maximum absolute atomic E-state index is 13.3. The molecule has 0 radical (unpaired) electrons. The van der Waals surface area contributed by atoms with E-state index in [9.17, 15) is 18.3 Å². The number of benzene rings is 2. The third-order valence-corrected chi connectivity index (χ3v) is 9.10. The maximum atomic E-state index is 13.3. The van der Waals surface area contributed by atoms with E-state index >= 15 is 0 Å². The monoisotopic (exact) mass is 529 g/mol. The van der Waals surface area contributed by atoms with E-state index in [-0.39, 0.29) is 15.6 Å². The molecule has 10 heteroatoms. The van der Waals surface area contributed by atoms with Gasteiger partial charge in [-0.15, -0.1) is 11.3 Å². The van der Waals surface area contributed by atoms with Crippen molar-refractivity contribution in [1.82, 2.24) is 9.29 Å². The number of sulfonamides is 1. The Balaban J connectivity index is 1.38. The number of aromatic nitrogens is 1. The van der Waals surface area contributed by atoms with E-state index in [1.165, 1.54) is 13.1 Å². The first-order valence-corrected chi connectivity index (χ1v) is 13.5. The summed E-state index contributed by atoms with van der Waals surface area (Å²) in [5.74, 6) is -0.543. The molecule has 2 N–H and O–H groups in total. The van der Waals surface area contributed by atoms with Crippen LogP contribution in [0.15, 0.2) is 99.9 Å². The molecule has 4 heterocycles. The molecule has 0 saturated carbocycles. The largest absolute Gasteiger partial charge is 0.504 e. The van der Waals surface area contributed by atoms with E-state index in [1.807, 2.05) is 60.7 Å². The number of carbonyl (C=O) groups is 1. The van der Waals surface area contributed by atoms with Crippen molar-refractivity contribution in [1.29, 1.82) is 0 Å². The molecular formula is C27H19N3O5S2. The van der Waals surface area contributed by atoms with Gasteiger partial charge in [0.05, 0.1) is 15.4 Å². The minimum absolute atomic E-state index is 0.0738. The number of aliphatic hydroxyl groups excluding tert-OH is 1. The zero-order chi connectivity index (χ0) is 25.7. The second-order valence-corrected chi connectivity index (χ2v) is 11.3. The molecule has 1 aliphatic heterocycles. The highest BCUT2D eigenvalue weighted by molar-refractivity contribution is 7.89. The number of amides is 1. The Hall–Kier alpha value is -4.41.